The summed E-state index contributed by atoms with van der Waals surface area (Å²) in [5, 5.41) is 4.50. The molecule has 1 N–H and O–H groups in total. The van der Waals surface area contributed by atoms with E-state index in [1.165, 1.54) is 10.9 Å². The lowest BCUT2D eigenvalue weighted by molar-refractivity contribution is 1.11. The van der Waals surface area contributed by atoms with E-state index >= 15 is 0 Å². The molecule has 0 saturated carbocycles. The molecule has 14 heavy (non-hydrogen) atoms. The molecule has 2 heterocycles. The molecule has 2 nitrogen and oxygen atoms in total. The standard InChI is InChI=1S/C11H9BrN2/c12-9-2-1-7-5-8-3-4-13-11(8)14-10(7)6-9/h1-2,5-6H,3-4H2,(H,13,14). The lowest BCUT2D eigenvalue weighted by Crippen LogP contribution is -1.93. The molecule has 0 bridgehead atoms. The second-order valence-corrected chi connectivity index (χ2v) is 4.43. The van der Waals surface area contributed by atoms with Gasteiger partial charge in [-0.1, -0.05) is 22.0 Å². The normalized spacial score (nSPS) is 14.1. The number of rotatable bonds is 0. The second-order valence-electron chi connectivity index (χ2n) is 3.51. The average molecular weight is 249 g/mol. The largest absolute Gasteiger partial charge is 0.369 e. The summed E-state index contributed by atoms with van der Waals surface area (Å²) in [5.41, 5.74) is 2.38. The number of hydrogen-bond donors (Lipinski definition) is 1. The minimum absolute atomic E-state index is 1.01. The Bertz CT molecular complexity index is 508. The van der Waals surface area contributed by atoms with Crippen molar-refractivity contribution in [2.24, 2.45) is 0 Å². The van der Waals surface area contributed by atoms with Gasteiger partial charge in [0.1, 0.15) is 5.82 Å². The molecule has 3 rings (SSSR count). The Morgan fingerprint density at radius 2 is 2.21 bits per heavy atom. The quantitative estimate of drug-likeness (QED) is 0.776. The summed E-state index contributed by atoms with van der Waals surface area (Å²) in [5.74, 6) is 1.05. The average Bonchev–Trinajstić information content (AvgIpc) is 2.61. The van der Waals surface area contributed by atoms with Crippen LogP contribution >= 0.6 is 15.9 Å². The lowest BCUT2D eigenvalue weighted by atomic mass is 10.1. The lowest BCUT2D eigenvalue weighted by Gasteiger charge is -2.02. The third-order valence-corrected chi connectivity index (χ3v) is 3.04. The van der Waals surface area contributed by atoms with Crippen LogP contribution in [0.2, 0.25) is 0 Å². The summed E-state index contributed by atoms with van der Waals surface area (Å²) in [7, 11) is 0. The summed E-state index contributed by atoms with van der Waals surface area (Å²) in [4.78, 5) is 4.58. The highest BCUT2D eigenvalue weighted by Gasteiger charge is 2.11. The smallest absolute Gasteiger partial charge is 0.129 e. The fourth-order valence-corrected chi connectivity index (χ4v) is 2.19. The van der Waals surface area contributed by atoms with Crippen molar-refractivity contribution in [3.05, 3.63) is 34.3 Å². The fourth-order valence-electron chi connectivity index (χ4n) is 1.84. The molecule has 2 aromatic rings. The Morgan fingerprint density at radius 1 is 1.29 bits per heavy atom. The zero-order valence-electron chi connectivity index (χ0n) is 7.55. The number of anilines is 1. The van der Waals surface area contributed by atoms with Crippen LogP contribution in [0.15, 0.2) is 28.7 Å². The summed E-state index contributed by atoms with van der Waals surface area (Å²) < 4.78 is 1.08. The number of nitrogens with one attached hydrogen (secondary N) is 1. The van der Waals surface area contributed by atoms with E-state index in [1.807, 2.05) is 0 Å². The fraction of sp³-hybridized carbons (Fsp3) is 0.182. The Hall–Kier alpha value is -1.09. The van der Waals surface area contributed by atoms with E-state index in [4.69, 9.17) is 0 Å². The first-order chi connectivity index (χ1) is 6.83. The number of hydrogen-bond acceptors (Lipinski definition) is 2. The van der Waals surface area contributed by atoms with Gasteiger partial charge < -0.3 is 5.32 Å². The number of benzene rings is 1. The highest BCUT2D eigenvalue weighted by Crippen LogP contribution is 2.26. The van der Waals surface area contributed by atoms with Gasteiger partial charge in [-0.05, 0) is 30.2 Å². The molecule has 1 aromatic heterocycles. The Labute approximate surface area is 90.5 Å². The van der Waals surface area contributed by atoms with E-state index in [0.29, 0.717) is 0 Å². The maximum Gasteiger partial charge on any atom is 0.129 e. The minimum Gasteiger partial charge on any atom is -0.369 e. The molecule has 1 aliphatic rings. The van der Waals surface area contributed by atoms with Crippen molar-refractivity contribution in [1.82, 2.24) is 4.98 Å². The first-order valence-corrected chi connectivity index (χ1v) is 5.45. The van der Waals surface area contributed by atoms with Crippen molar-refractivity contribution in [3.8, 4) is 0 Å². The molecule has 70 valence electrons. The molecule has 0 spiro atoms. The van der Waals surface area contributed by atoms with Crippen LogP contribution in [0, 0.1) is 0 Å². The van der Waals surface area contributed by atoms with E-state index in [0.717, 1.165) is 28.8 Å². The maximum absolute atomic E-state index is 4.58. The second kappa shape index (κ2) is 2.95. The van der Waals surface area contributed by atoms with Crippen molar-refractivity contribution in [2.45, 2.75) is 6.42 Å². The van der Waals surface area contributed by atoms with E-state index in [9.17, 15) is 0 Å². The molecule has 0 amide bonds. The topological polar surface area (TPSA) is 24.9 Å². The van der Waals surface area contributed by atoms with Crippen LogP contribution in [0.4, 0.5) is 5.82 Å². The van der Waals surface area contributed by atoms with Gasteiger partial charge in [-0.15, -0.1) is 0 Å². The highest BCUT2D eigenvalue weighted by molar-refractivity contribution is 9.10. The van der Waals surface area contributed by atoms with Gasteiger partial charge in [0.15, 0.2) is 0 Å². The summed E-state index contributed by atoms with van der Waals surface area (Å²) in [6, 6.07) is 8.43. The molecular formula is C11H9BrN2. The van der Waals surface area contributed by atoms with Crippen LogP contribution in [0.5, 0.6) is 0 Å². The maximum atomic E-state index is 4.58. The van der Waals surface area contributed by atoms with E-state index in [-0.39, 0.29) is 0 Å². The van der Waals surface area contributed by atoms with Gasteiger partial charge >= 0.3 is 0 Å². The first-order valence-electron chi connectivity index (χ1n) is 4.66. The van der Waals surface area contributed by atoms with Gasteiger partial charge in [0.2, 0.25) is 0 Å². The number of aromatic nitrogens is 1. The van der Waals surface area contributed by atoms with Gasteiger partial charge in [0.25, 0.3) is 0 Å². The molecule has 1 aliphatic heterocycles. The van der Waals surface area contributed by atoms with Gasteiger partial charge in [-0.25, -0.2) is 4.98 Å². The molecule has 0 radical (unpaired) electrons. The van der Waals surface area contributed by atoms with Gasteiger partial charge in [0, 0.05) is 16.4 Å². The number of fused-ring (bicyclic) bond motifs is 2. The molecule has 0 unspecified atom stereocenters. The van der Waals surface area contributed by atoms with Crippen LogP contribution in [-0.4, -0.2) is 11.5 Å². The summed E-state index contributed by atoms with van der Waals surface area (Å²) in [6.45, 7) is 1.01. The SMILES string of the molecule is Brc1ccc2cc3c(nc2c1)NCC3. The van der Waals surface area contributed by atoms with Gasteiger partial charge in [0.05, 0.1) is 5.52 Å². The van der Waals surface area contributed by atoms with Crippen LogP contribution in [0.3, 0.4) is 0 Å². The summed E-state index contributed by atoms with van der Waals surface area (Å²) in [6.07, 6.45) is 1.09. The number of nitrogens with zero attached hydrogens (tertiary/aromatic N) is 1. The predicted molar refractivity (Wildman–Crippen MR) is 61.6 cm³/mol. The molecular weight excluding hydrogens is 240 g/mol. The van der Waals surface area contributed by atoms with Crippen LogP contribution in [0.1, 0.15) is 5.56 Å². The molecule has 3 heteroatoms. The summed E-state index contributed by atoms with van der Waals surface area (Å²) >= 11 is 3.45. The van der Waals surface area contributed by atoms with Crippen LogP contribution in [-0.2, 0) is 6.42 Å². The third-order valence-electron chi connectivity index (χ3n) is 2.55. The zero-order chi connectivity index (χ0) is 9.54. The van der Waals surface area contributed by atoms with E-state index in [1.54, 1.807) is 0 Å². The van der Waals surface area contributed by atoms with E-state index in [2.05, 4.69) is 50.5 Å². The minimum atomic E-state index is 1.01. The monoisotopic (exact) mass is 248 g/mol. The molecule has 0 fully saturated rings. The zero-order valence-corrected chi connectivity index (χ0v) is 9.13. The molecule has 1 aromatic carbocycles. The van der Waals surface area contributed by atoms with Crippen LogP contribution in [0.25, 0.3) is 10.9 Å². The van der Waals surface area contributed by atoms with Gasteiger partial charge in [-0.2, -0.15) is 0 Å². The van der Waals surface area contributed by atoms with Crippen LogP contribution < -0.4 is 5.32 Å². The first kappa shape index (κ1) is 8.24. The Kier molecular flexibility index (Phi) is 1.74. The Balaban J connectivity index is 2.33. The van der Waals surface area contributed by atoms with Crippen molar-refractivity contribution in [2.75, 3.05) is 11.9 Å². The van der Waals surface area contributed by atoms with Crippen molar-refractivity contribution in [3.63, 3.8) is 0 Å². The Morgan fingerprint density at radius 3 is 3.14 bits per heavy atom. The molecule has 0 saturated heterocycles. The molecule has 0 aliphatic carbocycles. The van der Waals surface area contributed by atoms with Crippen molar-refractivity contribution >= 4 is 32.7 Å². The highest BCUT2D eigenvalue weighted by atomic mass is 79.9. The number of halogens is 1. The predicted octanol–water partition coefficient (Wildman–Crippen LogP) is 2.97. The van der Waals surface area contributed by atoms with Crippen molar-refractivity contribution < 1.29 is 0 Å². The number of pyridine rings is 1. The molecule has 0 atom stereocenters. The van der Waals surface area contributed by atoms with E-state index < -0.39 is 0 Å². The van der Waals surface area contributed by atoms with Gasteiger partial charge in [-0.3, -0.25) is 0 Å². The van der Waals surface area contributed by atoms with Crippen molar-refractivity contribution in [1.29, 1.82) is 0 Å². The third kappa shape index (κ3) is 1.20.